The number of fused-ring (bicyclic) bond motifs is 1. The third kappa shape index (κ3) is 3.21. The van der Waals surface area contributed by atoms with Gasteiger partial charge in [-0.1, -0.05) is 22.9 Å². The first kappa shape index (κ1) is 16.3. The highest BCUT2D eigenvalue weighted by Gasteiger charge is 2.56. The van der Waals surface area contributed by atoms with Crippen LogP contribution in [0.2, 0.25) is 0 Å². The Morgan fingerprint density at radius 1 is 1.28 bits per heavy atom. The Balaban J connectivity index is 1.32. The molecule has 25 heavy (non-hydrogen) atoms. The highest BCUT2D eigenvalue weighted by Crippen LogP contribution is 2.52. The topological polar surface area (TPSA) is 62.0 Å². The molecule has 2 heterocycles. The lowest BCUT2D eigenvalue weighted by Gasteiger charge is -2.20. The maximum Gasteiger partial charge on any atom is 0.225 e. The molecule has 4 rings (SSSR count). The lowest BCUT2D eigenvalue weighted by Crippen LogP contribution is -2.27. The normalized spacial score (nSPS) is 23.9. The minimum atomic E-state index is 0.571. The van der Waals surface area contributed by atoms with Gasteiger partial charge in [-0.15, -0.1) is 0 Å². The molecule has 5 nitrogen and oxygen atoms in total. The molecular formula is C19H19BrN4O. The summed E-state index contributed by atoms with van der Waals surface area (Å²) in [6, 6.07) is 7.75. The zero-order valence-electron chi connectivity index (χ0n) is 14.0. The number of nitrogens with zero attached hydrogens (tertiary/aromatic N) is 4. The van der Waals surface area contributed by atoms with Gasteiger partial charge in [-0.3, -0.25) is 0 Å². The van der Waals surface area contributed by atoms with Crippen molar-refractivity contribution in [3.05, 3.63) is 46.2 Å². The summed E-state index contributed by atoms with van der Waals surface area (Å²) in [5, 5.41) is 9.21. The summed E-state index contributed by atoms with van der Waals surface area (Å²) < 4.78 is 6.81. The van der Waals surface area contributed by atoms with Gasteiger partial charge in [0, 0.05) is 35.9 Å². The van der Waals surface area contributed by atoms with Crippen LogP contribution in [0.5, 0.6) is 5.75 Å². The van der Waals surface area contributed by atoms with Gasteiger partial charge in [0.05, 0.1) is 12.2 Å². The van der Waals surface area contributed by atoms with Crippen molar-refractivity contribution in [1.29, 1.82) is 5.26 Å². The fourth-order valence-corrected chi connectivity index (χ4v) is 4.02. The lowest BCUT2D eigenvalue weighted by atomic mass is 10.2. The van der Waals surface area contributed by atoms with Crippen LogP contribution in [0.1, 0.15) is 18.1 Å². The number of nitriles is 1. The maximum atomic E-state index is 9.21. The Labute approximate surface area is 155 Å². The van der Waals surface area contributed by atoms with Crippen LogP contribution in [0.25, 0.3) is 0 Å². The molecule has 1 aromatic carbocycles. The summed E-state index contributed by atoms with van der Waals surface area (Å²) in [6.45, 7) is 4.78. The van der Waals surface area contributed by atoms with E-state index in [4.69, 9.17) is 4.74 Å². The molecule has 128 valence electrons. The molecule has 2 aliphatic rings. The molecule has 1 aromatic heterocycles. The van der Waals surface area contributed by atoms with Gasteiger partial charge in [-0.25, -0.2) is 9.97 Å². The van der Waals surface area contributed by atoms with Crippen molar-refractivity contribution in [2.75, 3.05) is 24.6 Å². The average Bonchev–Trinajstić information content (AvgIpc) is 3.09. The van der Waals surface area contributed by atoms with Crippen molar-refractivity contribution in [3.8, 4) is 11.8 Å². The van der Waals surface area contributed by atoms with Gasteiger partial charge in [0.25, 0.3) is 0 Å². The SMILES string of the molecule is CCc1cnc(N2C[C@@H]3C(COc4ccc(Br)cc4C#N)[C@@H]3C2)nc1. The van der Waals surface area contributed by atoms with Crippen LogP contribution in [0.4, 0.5) is 5.95 Å². The highest BCUT2D eigenvalue weighted by molar-refractivity contribution is 9.10. The zero-order valence-corrected chi connectivity index (χ0v) is 15.6. The van der Waals surface area contributed by atoms with Crippen LogP contribution in [-0.2, 0) is 6.42 Å². The minimum Gasteiger partial charge on any atom is -0.492 e. The molecule has 0 bridgehead atoms. The third-order valence-corrected chi connectivity index (χ3v) is 5.74. The van der Waals surface area contributed by atoms with Gasteiger partial charge in [0.15, 0.2) is 0 Å². The molecule has 1 aliphatic carbocycles. The molecule has 0 spiro atoms. The van der Waals surface area contributed by atoms with Crippen LogP contribution in [0, 0.1) is 29.1 Å². The molecule has 0 amide bonds. The highest BCUT2D eigenvalue weighted by atomic mass is 79.9. The molecule has 1 unspecified atom stereocenters. The van der Waals surface area contributed by atoms with Crippen molar-refractivity contribution >= 4 is 21.9 Å². The Bertz CT molecular complexity index is 805. The fourth-order valence-electron chi connectivity index (χ4n) is 3.66. The summed E-state index contributed by atoms with van der Waals surface area (Å²) in [7, 11) is 0. The Kier molecular flexibility index (Phi) is 4.34. The Morgan fingerprint density at radius 2 is 2.00 bits per heavy atom. The second-order valence-electron chi connectivity index (χ2n) is 6.70. The van der Waals surface area contributed by atoms with Gasteiger partial charge < -0.3 is 9.64 Å². The van der Waals surface area contributed by atoms with Gasteiger partial charge in [0.1, 0.15) is 11.8 Å². The summed E-state index contributed by atoms with van der Waals surface area (Å²) in [6.07, 6.45) is 4.80. The second-order valence-corrected chi connectivity index (χ2v) is 7.62. The quantitative estimate of drug-likeness (QED) is 0.771. The third-order valence-electron chi connectivity index (χ3n) is 5.25. The van der Waals surface area contributed by atoms with E-state index in [0.29, 0.717) is 35.7 Å². The van der Waals surface area contributed by atoms with E-state index in [9.17, 15) is 5.26 Å². The zero-order chi connectivity index (χ0) is 17.4. The van der Waals surface area contributed by atoms with Gasteiger partial charge >= 0.3 is 0 Å². The molecule has 0 radical (unpaired) electrons. The van der Waals surface area contributed by atoms with Crippen molar-refractivity contribution in [3.63, 3.8) is 0 Å². The van der Waals surface area contributed by atoms with Crippen molar-refractivity contribution in [2.45, 2.75) is 13.3 Å². The number of aryl methyl sites for hydroxylation is 1. The molecule has 1 saturated carbocycles. The average molecular weight is 399 g/mol. The molecule has 2 aromatic rings. The predicted octanol–water partition coefficient (Wildman–Crippen LogP) is 3.43. The number of aromatic nitrogens is 2. The second kappa shape index (κ2) is 6.64. The van der Waals surface area contributed by atoms with E-state index in [1.54, 1.807) is 6.07 Å². The number of benzene rings is 1. The summed E-state index contributed by atoms with van der Waals surface area (Å²) in [5.74, 6) is 3.38. The Morgan fingerprint density at radius 3 is 2.64 bits per heavy atom. The smallest absolute Gasteiger partial charge is 0.225 e. The number of anilines is 1. The maximum absolute atomic E-state index is 9.21. The first-order chi connectivity index (χ1) is 12.2. The monoisotopic (exact) mass is 398 g/mol. The van der Waals surface area contributed by atoms with Crippen molar-refractivity contribution in [2.24, 2.45) is 17.8 Å². The van der Waals surface area contributed by atoms with E-state index >= 15 is 0 Å². The first-order valence-corrected chi connectivity index (χ1v) is 9.37. The van der Waals surface area contributed by atoms with Crippen LogP contribution < -0.4 is 9.64 Å². The summed E-state index contributed by atoms with van der Waals surface area (Å²) in [5.41, 5.74) is 1.74. The Hall–Kier alpha value is -2.13. The van der Waals surface area contributed by atoms with Crippen LogP contribution in [0.3, 0.4) is 0 Å². The van der Waals surface area contributed by atoms with E-state index in [0.717, 1.165) is 29.9 Å². The lowest BCUT2D eigenvalue weighted by molar-refractivity contribution is 0.282. The standard InChI is InChI=1S/C19H19BrN4O/c1-2-12-7-22-19(23-8-12)24-9-15-16(10-24)17(15)11-25-18-4-3-14(20)5-13(18)6-21/h3-5,7-8,15-17H,2,9-11H2,1H3/t15-,16+,17?. The number of ether oxygens (including phenoxy) is 1. The molecule has 0 N–H and O–H groups in total. The van der Waals surface area contributed by atoms with Gasteiger partial charge in [-0.2, -0.15) is 5.26 Å². The van der Waals surface area contributed by atoms with E-state index in [1.165, 1.54) is 5.56 Å². The van der Waals surface area contributed by atoms with Gasteiger partial charge in [-0.05, 0) is 42.0 Å². The van der Waals surface area contributed by atoms with Crippen LogP contribution in [-0.4, -0.2) is 29.7 Å². The molecule has 2 fully saturated rings. The van der Waals surface area contributed by atoms with E-state index < -0.39 is 0 Å². The van der Waals surface area contributed by atoms with Crippen molar-refractivity contribution in [1.82, 2.24) is 9.97 Å². The van der Waals surface area contributed by atoms with E-state index in [-0.39, 0.29) is 0 Å². The summed E-state index contributed by atoms with van der Waals surface area (Å²) >= 11 is 3.38. The number of halogens is 1. The van der Waals surface area contributed by atoms with Crippen LogP contribution >= 0.6 is 15.9 Å². The molecule has 1 saturated heterocycles. The number of hydrogen-bond acceptors (Lipinski definition) is 5. The fraction of sp³-hybridized carbons (Fsp3) is 0.421. The largest absolute Gasteiger partial charge is 0.492 e. The van der Waals surface area contributed by atoms with Gasteiger partial charge in [0.2, 0.25) is 5.95 Å². The number of piperidine rings is 1. The summed E-state index contributed by atoms with van der Waals surface area (Å²) in [4.78, 5) is 11.2. The minimum absolute atomic E-state index is 0.571. The molecule has 6 heteroatoms. The van der Waals surface area contributed by atoms with Crippen LogP contribution in [0.15, 0.2) is 35.1 Å². The molecule has 3 atom stereocenters. The van der Waals surface area contributed by atoms with E-state index in [1.807, 2.05) is 24.5 Å². The van der Waals surface area contributed by atoms with Crippen molar-refractivity contribution < 1.29 is 4.74 Å². The first-order valence-electron chi connectivity index (χ1n) is 8.58. The predicted molar refractivity (Wildman–Crippen MR) is 98.4 cm³/mol. The van der Waals surface area contributed by atoms with E-state index in [2.05, 4.69) is 43.8 Å². The number of rotatable bonds is 5. The molecular weight excluding hydrogens is 380 g/mol. The molecule has 1 aliphatic heterocycles. The number of hydrogen-bond donors (Lipinski definition) is 0.